The molecule has 5 nitrogen and oxygen atoms in total. The standard InChI is InChI=1S/C43H80N4O/c1-4-6-8-10-12-14-16-18-20-22-24-26-28-30-32-34-36-47(44-43(48)42-46-40-38-45(3)39-41-46)37-35-33-31-29-27-25-23-21-19-17-15-13-11-9-7-5-2/h12-15,18-21H,4-11,16-17,22-42H2,1-3H3,(H,44,48)/b14-12-,15-13-,20-18-,21-19-. The lowest BCUT2D eigenvalue weighted by Gasteiger charge is -2.32. The summed E-state index contributed by atoms with van der Waals surface area (Å²) in [6, 6.07) is 0. The second-order valence-electron chi connectivity index (χ2n) is 14.3. The third-order valence-corrected chi connectivity index (χ3v) is 9.50. The maximum atomic E-state index is 12.9. The van der Waals surface area contributed by atoms with Crippen LogP contribution in [-0.2, 0) is 4.79 Å². The first-order valence-corrected chi connectivity index (χ1v) is 20.7. The Bertz CT molecular complexity index is 764. The average Bonchev–Trinajstić information content (AvgIpc) is 3.08. The highest BCUT2D eigenvalue weighted by Gasteiger charge is 2.18. The number of carbonyl (C=O) groups is 1. The molecule has 1 fully saturated rings. The van der Waals surface area contributed by atoms with Gasteiger partial charge in [0.05, 0.1) is 6.54 Å². The van der Waals surface area contributed by atoms with Gasteiger partial charge in [-0.3, -0.25) is 15.1 Å². The van der Waals surface area contributed by atoms with Crippen molar-refractivity contribution in [3.05, 3.63) is 48.6 Å². The van der Waals surface area contributed by atoms with Gasteiger partial charge in [-0.2, -0.15) is 0 Å². The molecule has 0 spiro atoms. The largest absolute Gasteiger partial charge is 0.304 e. The van der Waals surface area contributed by atoms with Gasteiger partial charge in [0.25, 0.3) is 0 Å². The van der Waals surface area contributed by atoms with Crippen molar-refractivity contribution in [2.24, 2.45) is 0 Å². The number of amides is 1. The number of nitrogens with zero attached hydrogens (tertiary/aromatic N) is 3. The fourth-order valence-electron chi connectivity index (χ4n) is 6.23. The molecular formula is C43H80N4O. The molecule has 5 heteroatoms. The van der Waals surface area contributed by atoms with Gasteiger partial charge in [0.2, 0.25) is 5.91 Å². The number of likely N-dealkylation sites (N-methyl/N-ethyl adjacent to an activating group) is 1. The smallest absolute Gasteiger partial charge is 0.248 e. The number of carbonyl (C=O) groups excluding carboxylic acids is 1. The van der Waals surface area contributed by atoms with E-state index in [4.69, 9.17) is 0 Å². The number of nitrogens with one attached hydrogen (secondary N) is 1. The molecule has 0 radical (unpaired) electrons. The van der Waals surface area contributed by atoms with Crippen LogP contribution in [0.25, 0.3) is 0 Å². The Morgan fingerprint density at radius 3 is 1.31 bits per heavy atom. The molecule has 0 aromatic rings. The highest BCUT2D eigenvalue weighted by atomic mass is 16.2. The summed E-state index contributed by atoms with van der Waals surface area (Å²) < 4.78 is 0. The number of rotatable bonds is 33. The second kappa shape index (κ2) is 35.1. The molecule has 1 aliphatic rings. The fourth-order valence-corrected chi connectivity index (χ4v) is 6.23. The summed E-state index contributed by atoms with van der Waals surface area (Å²) in [5, 5.41) is 2.24. The Morgan fingerprint density at radius 2 is 0.896 bits per heavy atom. The van der Waals surface area contributed by atoms with E-state index in [0.717, 1.165) is 52.1 Å². The lowest BCUT2D eigenvalue weighted by atomic mass is 10.1. The predicted molar refractivity (Wildman–Crippen MR) is 212 cm³/mol. The number of piperazine rings is 1. The summed E-state index contributed by atoms with van der Waals surface area (Å²) in [6.07, 6.45) is 49.2. The minimum Gasteiger partial charge on any atom is -0.304 e. The normalized spacial score (nSPS) is 15.0. The molecule has 48 heavy (non-hydrogen) atoms. The third-order valence-electron chi connectivity index (χ3n) is 9.50. The lowest BCUT2D eigenvalue weighted by Crippen LogP contribution is -2.51. The van der Waals surface area contributed by atoms with Crippen molar-refractivity contribution in [2.45, 2.75) is 168 Å². The SMILES string of the molecule is CCCCC/C=C\C/C=C\CCCCCCCCN(CCCCCCCC/C=C\C/C=C\CCCCC)NC(=O)CN1CCN(C)CC1. The van der Waals surface area contributed by atoms with Crippen LogP contribution in [0.2, 0.25) is 0 Å². The molecule has 0 unspecified atom stereocenters. The Hall–Kier alpha value is -1.69. The first-order valence-electron chi connectivity index (χ1n) is 20.7. The van der Waals surface area contributed by atoms with Crippen LogP contribution in [0, 0.1) is 0 Å². The molecule has 0 saturated carbocycles. The molecule has 1 rings (SSSR count). The average molecular weight is 669 g/mol. The number of hydrazine groups is 1. The van der Waals surface area contributed by atoms with Crippen LogP contribution in [0.3, 0.4) is 0 Å². The van der Waals surface area contributed by atoms with E-state index in [0.29, 0.717) is 6.54 Å². The summed E-state index contributed by atoms with van der Waals surface area (Å²) in [7, 11) is 2.17. The summed E-state index contributed by atoms with van der Waals surface area (Å²) in [5.41, 5.74) is 3.29. The van der Waals surface area contributed by atoms with Crippen molar-refractivity contribution < 1.29 is 4.79 Å². The molecule has 1 N–H and O–H groups in total. The zero-order chi connectivity index (χ0) is 34.6. The number of hydrogen-bond acceptors (Lipinski definition) is 4. The van der Waals surface area contributed by atoms with E-state index in [1.807, 2.05) is 0 Å². The monoisotopic (exact) mass is 669 g/mol. The predicted octanol–water partition coefficient (Wildman–Crippen LogP) is 11.2. The van der Waals surface area contributed by atoms with E-state index in [1.165, 1.54) is 141 Å². The van der Waals surface area contributed by atoms with Crippen LogP contribution in [0.5, 0.6) is 0 Å². The van der Waals surface area contributed by atoms with E-state index in [2.05, 4.69) is 89.7 Å². The maximum absolute atomic E-state index is 12.9. The second-order valence-corrected chi connectivity index (χ2v) is 14.3. The van der Waals surface area contributed by atoms with Crippen molar-refractivity contribution >= 4 is 5.91 Å². The molecule has 0 aromatic heterocycles. The Labute approximate surface area is 299 Å². The van der Waals surface area contributed by atoms with Crippen molar-refractivity contribution in [3.8, 4) is 0 Å². The molecule has 0 aromatic carbocycles. The van der Waals surface area contributed by atoms with Gasteiger partial charge in [-0.15, -0.1) is 0 Å². The molecule has 278 valence electrons. The number of allylic oxidation sites excluding steroid dienone is 8. The highest BCUT2D eigenvalue weighted by Crippen LogP contribution is 2.11. The Balaban J connectivity index is 2.18. The summed E-state index contributed by atoms with van der Waals surface area (Å²) in [6.45, 7) is 11.1. The molecular weight excluding hydrogens is 589 g/mol. The van der Waals surface area contributed by atoms with Crippen LogP contribution >= 0.6 is 0 Å². The van der Waals surface area contributed by atoms with Crippen molar-refractivity contribution in [1.82, 2.24) is 20.2 Å². The Morgan fingerprint density at radius 1 is 0.521 bits per heavy atom. The van der Waals surface area contributed by atoms with Crippen LogP contribution in [0.4, 0.5) is 0 Å². The fraction of sp³-hybridized carbons (Fsp3) is 0.791. The Kier molecular flexibility index (Phi) is 32.5. The first kappa shape index (κ1) is 44.3. The van der Waals surface area contributed by atoms with Gasteiger partial charge in [0, 0.05) is 39.3 Å². The van der Waals surface area contributed by atoms with Gasteiger partial charge in [-0.05, 0) is 84.1 Å². The van der Waals surface area contributed by atoms with Gasteiger partial charge in [0.1, 0.15) is 0 Å². The van der Waals surface area contributed by atoms with E-state index in [-0.39, 0.29) is 5.91 Å². The van der Waals surface area contributed by atoms with Crippen molar-refractivity contribution in [1.29, 1.82) is 0 Å². The van der Waals surface area contributed by atoms with E-state index in [1.54, 1.807) is 0 Å². The third kappa shape index (κ3) is 30.4. The number of hydrogen-bond donors (Lipinski definition) is 1. The first-order chi connectivity index (χ1) is 23.7. The van der Waals surface area contributed by atoms with Gasteiger partial charge in [-0.1, -0.05) is 140 Å². The van der Waals surface area contributed by atoms with Crippen LogP contribution in [0.15, 0.2) is 48.6 Å². The maximum Gasteiger partial charge on any atom is 0.248 e. The molecule has 1 saturated heterocycles. The van der Waals surface area contributed by atoms with E-state index in [9.17, 15) is 4.79 Å². The van der Waals surface area contributed by atoms with Crippen molar-refractivity contribution in [3.63, 3.8) is 0 Å². The van der Waals surface area contributed by atoms with Crippen LogP contribution in [0.1, 0.15) is 168 Å². The zero-order valence-corrected chi connectivity index (χ0v) is 32.3. The minimum atomic E-state index is 0.166. The van der Waals surface area contributed by atoms with E-state index >= 15 is 0 Å². The molecule has 1 aliphatic heterocycles. The van der Waals surface area contributed by atoms with Gasteiger partial charge in [0.15, 0.2) is 0 Å². The molecule has 1 amide bonds. The highest BCUT2D eigenvalue weighted by molar-refractivity contribution is 5.77. The van der Waals surface area contributed by atoms with E-state index < -0.39 is 0 Å². The van der Waals surface area contributed by atoms with Gasteiger partial charge in [-0.25, -0.2) is 5.01 Å². The van der Waals surface area contributed by atoms with Crippen LogP contribution in [-0.4, -0.2) is 73.6 Å². The molecule has 1 heterocycles. The summed E-state index contributed by atoms with van der Waals surface area (Å²) >= 11 is 0. The number of unbranched alkanes of at least 4 members (excludes halogenated alkanes) is 18. The topological polar surface area (TPSA) is 38.8 Å². The quantitative estimate of drug-likeness (QED) is 0.0429. The van der Waals surface area contributed by atoms with Crippen LogP contribution < -0.4 is 5.43 Å². The zero-order valence-electron chi connectivity index (χ0n) is 32.3. The van der Waals surface area contributed by atoms with Crippen molar-refractivity contribution in [2.75, 3.05) is 52.9 Å². The molecule has 0 atom stereocenters. The summed E-state index contributed by atoms with van der Waals surface area (Å²) in [5.74, 6) is 0.166. The van der Waals surface area contributed by atoms with Gasteiger partial charge >= 0.3 is 0 Å². The van der Waals surface area contributed by atoms with Gasteiger partial charge < -0.3 is 4.90 Å². The summed E-state index contributed by atoms with van der Waals surface area (Å²) in [4.78, 5) is 17.6. The minimum absolute atomic E-state index is 0.166. The molecule has 0 bridgehead atoms. The lowest BCUT2D eigenvalue weighted by molar-refractivity contribution is -0.127. The molecule has 0 aliphatic carbocycles.